The van der Waals surface area contributed by atoms with E-state index in [1.807, 2.05) is 31.2 Å². The minimum absolute atomic E-state index is 0.00740. The highest BCUT2D eigenvalue weighted by atomic mass is 19.4. The molecule has 0 bridgehead atoms. The summed E-state index contributed by atoms with van der Waals surface area (Å²) in [4.78, 5) is 30.7. The number of fused-ring (bicyclic) bond motifs is 1. The monoisotopic (exact) mass is 532 g/mol. The predicted molar refractivity (Wildman–Crippen MR) is 128 cm³/mol. The number of imidazole rings is 1. The Labute approximate surface area is 213 Å². The first-order valence-corrected chi connectivity index (χ1v) is 11.4. The zero-order valence-electron chi connectivity index (χ0n) is 20.4. The van der Waals surface area contributed by atoms with Crippen molar-refractivity contribution >= 4 is 11.2 Å². The Balaban J connectivity index is 1.82. The predicted octanol–water partition coefficient (Wildman–Crippen LogP) is 2.27. The van der Waals surface area contributed by atoms with Crippen molar-refractivity contribution in [1.29, 1.82) is 0 Å². The molecule has 1 aliphatic carbocycles. The molecule has 2 aromatic heterocycles. The van der Waals surface area contributed by atoms with Crippen LogP contribution in [0.15, 0.2) is 69.0 Å². The van der Waals surface area contributed by atoms with Gasteiger partial charge in [0.1, 0.15) is 5.76 Å². The number of aliphatic hydroxyl groups excluding tert-OH is 1. The molecule has 0 atom stereocenters. The van der Waals surface area contributed by atoms with E-state index in [9.17, 15) is 22.8 Å². The zero-order chi connectivity index (χ0) is 27.4. The highest BCUT2D eigenvalue weighted by Crippen LogP contribution is 2.25. The molecular weight excluding hydrogens is 509 g/mol. The lowest BCUT2D eigenvalue weighted by Gasteiger charge is -2.13. The molecule has 0 saturated heterocycles. The number of ether oxygens (including phenoxy) is 3. The van der Waals surface area contributed by atoms with Crippen LogP contribution in [0, 0.1) is 6.92 Å². The number of aliphatic hydroxyl groups is 1. The number of rotatable bonds is 10. The smallest absolute Gasteiger partial charge is 0.416 e. The molecule has 2 heterocycles. The fraction of sp³-hybridized carbons (Fsp3) is 0.320. The number of aryl methyl sites for hydroxylation is 2. The Bertz CT molecular complexity index is 1600. The summed E-state index contributed by atoms with van der Waals surface area (Å²) < 4.78 is 56.5. The summed E-state index contributed by atoms with van der Waals surface area (Å²) >= 11 is 0. The van der Waals surface area contributed by atoms with Crippen LogP contribution in [-0.2, 0) is 29.6 Å². The molecule has 4 rings (SSSR count). The maximum Gasteiger partial charge on any atom is 0.573 e. The van der Waals surface area contributed by atoms with E-state index < -0.39 is 23.4 Å². The average molecular weight is 532 g/mol. The molecular formula is C25H23F3N4O6. The lowest BCUT2D eigenvalue weighted by molar-refractivity contribution is -0.303. The third-order valence-corrected chi connectivity index (χ3v) is 5.47. The summed E-state index contributed by atoms with van der Waals surface area (Å²) in [6.07, 6.45) is -3.03. The number of halogens is 3. The summed E-state index contributed by atoms with van der Waals surface area (Å²) in [6, 6.07) is 7.28. The number of nitrogens with zero attached hydrogens (tertiary/aromatic N) is 4. The van der Waals surface area contributed by atoms with Crippen LogP contribution >= 0.6 is 0 Å². The van der Waals surface area contributed by atoms with Crippen molar-refractivity contribution in [2.24, 2.45) is 7.05 Å². The standard InChI is InChI=1S/C25H23F3N4O6/c1-16-6-8-17(9-7-16)15-32-20-21(30(2)24(35)31(22(20)34)10-12-36-13-11-33)29-23(32)37-18-4-3-5-19(14-18)38-25(26,27)28/h5-9,14,33H,10-13,15H2,1-2H3. The third kappa shape index (κ3) is 5.99. The molecule has 38 heavy (non-hydrogen) atoms. The Morgan fingerprint density at radius 3 is 2.53 bits per heavy atom. The van der Waals surface area contributed by atoms with Gasteiger partial charge in [0, 0.05) is 19.2 Å². The van der Waals surface area contributed by atoms with Crippen LogP contribution in [0.1, 0.15) is 11.1 Å². The van der Waals surface area contributed by atoms with Gasteiger partial charge in [0.25, 0.3) is 5.56 Å². The van der Waals surface area contributed by atoms with Crippen LogP contribution in [0.2, 0.25) is 0 Å². The maximum atomic E-state index is 13.5. The quantitative estimate of drug-likeness (QED) is 0.315. The summed E-state index contributed by atoms with van der Waals surface area (Å²) in [5.41, 5.74) is 5.47. The molecule has 0 unspecified atom stereocenters. The highest BCUT2D eigenvalue weighted by Gasteiger charge is 2.32. The van der Waals surface area contributed by atoms with Crippen molar-refractivity contribution in [3.8, 4) is 6.01 Å². The SMILES string of the molecule is Cc1ccc(Cn2c(OC3=C=C=CC(OC(F)(F)F)=C3)nc3c2c(=O)n(CCOCCO)c(=O)n3C)cc1. The van der Waals surface area contributed by atoms with Crippen molar-refractivity contribution < 1.29 is 32.5 Å². The fourth-order valence-electron chi connectivity index (χ4n) is 3.70. The minimum Gasteiger partial charge on any atom is -0.416 e. The van der Waals surface area contributed by atoms with Gasteiger partial charge in [0.15, 0.2) is 16.9 Å². The Hall–Kier alpha value is -4.28. The molecule has 1 aliphatic rings. The van der Waals surface area contributed by atoms with E-state index in [4.69, 9.17) is 14.6 Å². The first-order valence-electron chi connectivity index (χ1n) is 11.4. The summed E-state index contributed by atoms with van der Waals surface area (Å²) in [7, 11) is 1.43. The lowest BCUT2D eigenvalue weighted by atomic mass is 10.1. The Kier molecular flexibility index (Phi) is 7.75. The maximum absolute atomic E-state index is 13.5. The second-order valence-electron chi connectivity index (χ2n) is 8.25. The third-order valence-electron chi connectivity index (χ3n) is 5.47. The minimum atomic E-state index is -4.92. The Morgan fingerprint density at radius 1 is 1.11 bits per heavy atom. The van der Waals surface area contributed by atoms with Crippen LogP contribution in [0.3, 0.4) is 0 Å². The van der Waals surface area contributed by atoms with Crippen LogP contribution in [0.5, 0.6) is 6.01 Å². The molecule has 0 radical (unpaired) electrons. The van der Waals surface area contributed by atoms with E-state index in [0.29, 0.717) is 0 Å². The molecule has 3 aromatic rings. The Morgan fingerprint density at radius 2 is 1.84 bits per heavy atom. The van der Waals surface area contributed by atoms with Crippen molar-refractivity contribution in [3.05, 3.63) is 91.4 Å². The summed E-state index contributed by atoms with van der Waals surface area (Å²) in [5.74, 6) is -0.778. The van der Waals surface area contributed by atoms with E-state index in [1.165, 1.54) is 16.2 Å². The van der Waals surface area contributed by atoms with Gasteiger partial charge in [-0.25, -0.2) is 4.79 Å². The van der Waals surface area contributed by atoms with Gasteiger partial charge in [-0.15, -0.1) is 13.2 Å². The van der Waals surface area contributed by atoms with Crippen molar-refractivity contribution in [2.75, 3.05) is 19.8 Å². The average Bonchev–Trinajstić information content (AvgIpc) is 3.20. The summed E-state index contributed by atoms with van der Waals surface area (Å²) in [5, 5.41) is 8.90. The lowest BCUT2D eigenvalue weighted by Crippen LogP contribution is -2.40. The molecule has 200 valence electrons. The normalized spacial score (nSPS) is 13.1. The number of benzene rings is 1. The summed E-state index contributed by atoms with van der Waals surface area (Å²) in [6.45, 7) is 1.79. The van der Waals surface area contributed by atoms with E-state index in [2.05, 4.69) is 21.2 Å². The van der Waals surface area contributed by atoms with Gasteiger partial charge in [0.05, 0.1) is 32.9 Å². The fourth-order valence-corrected chi connectivity index (χ4v) is 3.70. The van der Waals surface area contributed by atoms with Gasteiger partial charge in [-0.2, -0.15) is 4.98 Å². The molecule has 10 nitrogen and oxygen atoms in total. The topological polar surface area (TPSA) is 110 Å². The van der Waals surface area contributed by atoms with E-state index in [-0.39, 0.29) is 55.8 Å². The highest BCUT2D eigenvalue weighted by molar-refractivity contribution is 5.72. The van der Waals surface area contributed by atoms with E-state index in [1.54, 1.807) is 0 Å². The number of hydrogen-bond acceptors (Lipinski definition) is 7. The van der Waals surface area contributed by atoms with Crippen LogP contribution in [0.25, 0.3) is 11.2 Å². The molecule has 0 fully saturated rings. The first kappa shape index (κ1) is 26.8. The molecule has 1 N–H and O–H groups in total. The van der Waals surface area contributed by atoms with Gasteiger partial charge in [0.2, 0.25) is 0 Å². The van der Waals surface area contributed by atoms with Crippen LogP contribution in [0.4, 0.5) is 13.2 Å². The van der Waals surface area contributed by atoms with Gasteiger partial charge in [-0.05, 0) is 18.2 Å². The first-order chi connectivity index (χ1) is 18.1. The second-order valence-corrected chi connectivity index (χ2v) is 8.25. The molecule has 0 saturated carbocycles. The molecule has 0 amide bonds. The van der Waals surface area contributed by atoms with E-state index in [0.717, 1.165) is 27.8 Å². The molecule has 13 heteroatoms. The number of alkyl halides is 3. The number of allylic oxidation sites excluding steroid dienone is 2. The van der Waals surface area contributed by atoms with Gasteiger partial charge in [-0.3, -0.25) is 18.5 Å². The second kappa shape index (κ2) is 11.0. The number of hydrogen-bond donors (Lipinski definition) is 1. The molecule has 0 spiro atoms. The van der Waals surface area contributed by atoms with Gasteiger partial charge >= 0.3 is 18.1 Å². The largest absolute Gasteiger partial charge is 0.573 e. The van der Waals surface area contributed by atoms with Crippen molar-refractivity contribution in [2.45, 2.75) is 26.4 Å². The molecule has 1 aromatic carbocycles. The molecule has 0 aliphatic heterocycles. The zero-order valence-corrected chi connectivity index (χ0v) is 20.4. The number of aromatic nitrogens is 4. The van der Waals surface area contributed by atoms with Crippen molar-refractivity contribution in [1.82, 2.24) is 18.7 Å². The van der Waals surface area contributed by atoms with Gasteiger partial charge in [-0.1, -0.05) is 35.6 Å². The van der Waals surface area contributed by atoms with Crippen molar-refractivity contribution in [3.63, 3.8) is 0 Å². The van der Waals surface area contributed by atoms with E-state index >= 15 is 0 Å². The van der Waals surface area contributed by atoms with Gasteiger partial charge < -0.3 is 19.3 Å². The van der Waals surface area contributed by atoms with Crippen LogP contribution < -0.4 is 16.0 Å². The van der Waals surface area contributed by atoms with Crippen LogP contribution in [-0.4, -0.2) is 50.0 Å².